The maximum absolute atomic E-state index is 14.1. The Kier molecular flexibility index (Phi) is 13.3. The molecule has 13 nitrogen and oxygen atoms in total. The summed E-state index contributed by atoms with van der Waals surface area (Å²) in [7, 11) is 0. The van der Waals surface area contributed by atoms with E-state index >= 15 is 0 Å². The van der Waals surface area contributed by atoms with E-state index in [1.807, 2.05) is 11.0 Å². The number of piperidine rings is 1. The Bertz CT molecular complexity index is 1580. The van der Waals surface area contributed by atoms with Crippen LogP contribution in [0.4, 0.5) is 0 Å². The number of nitrogens with zero attached hydrogens (tertiary/aromatic N) is 2. The molecule has 3 aliphatic rings. The van der Waals surface area contributed by atoms with Crippen LogP contribution in [0.2, 0.25) is 0 Å². The number of amides is 5. The van der Waals surface area contributed by atoms with Crippen molar-refractivity contribution < 1.29 is 38.2 Å². The first-order chi connectivity index (χ1) is 25.1. The zero-order valence-electron chi connectivity index (χ0n) is 30.2. The van der Waals surface area contributed by atoms with Gasteiger partial charge in [-0.1, -0.05) is 37.3 Å². The Morgan fingerprint density at radius 1 is 0.846 bits per heavy atom. The van der Waals surface area contributed by atoms with Gasteiger partial charge in [-0.25, -0.2) is 4.79 Å². The number of ether oxygens (including phenoxy) is 2. The average molecular weight is 718 g/mol. The Hall–Kier alpha value is -4.94. The highest BCUT2D eigenvalue weighted by atomic mass is 16.5. The second-order valence-corrected chi connectivity index (χ2v) is 14.0. The fourth-order valence-electron chi connectivity index (χ4n) is 6.83. The van der Waals surface area contributed by atoms with Gasteiger partial charge in [0.1, 0.15) is 29.4 Å². The lowest BCUT2D eigenvalue weighted by atomic mass is 9.94. The van der Waals surface area contributed by atoms with Gasteiger partial charge in [0.2, 0.25) is 23.6 Å². The summed E-state index contributed by atoms with van der Waals surface area (Å²) in [5.41, 5.74) is -0.174. The normalized spacial score (nSPS) is 24.1. The number of rotatable bonds is 12. The minimum Gasteiger partial charge on any atom is -0.484 e. The number of benzene rings is 2. The minimum atomic E-state index is -1.37. The molecule has 280 valence electrons. The molecule has 0 radical (unpaired) electrons. The Labute approximate surface area is 305 Å². The number of unbranched alkanes of at least 4 members (excludes halogenated alkanes) is 1. The standard InChI is InChI=1S/C39H51N5O8/c1-3-39(2)38(50)41-31(25-27-17-19-29(20-18-27)52-26-33(45)43-21-9-5-10-22-43)36(48)44-23-12-16-32(44)35(47)40-30(34(46)42-39)15-8-11-24-51-37(49)28-13-6-4-7-14-28/h4,6-7,13-14,17-20,30-32H,3,5,8-12,15-16,21-26H2,1-2H3,(H,40,47)(H,41,50)(H,42,46)/t30-,31-,32+,39-/m0/s1. The van der Waals surface area contributed by atoms with Crippen LogP contribution < -0.4 is 20.7 Å². The van der Waals surface area contributed by atoms with Gasteiger partial charge in [0.05, 0.1) is 12.2 Å². The maximum Gasteiger partial charge on any atom is 0.338 e. The largest absolute Gasteiger partial charge is 0.484 e. The van der Waals surface area contributed by atoms with Crippen LogP contribution in [0.3, 0.4) is 0 Å². The number of likely N-dealkylation sites (tertiary alicyclic amines) is 1. The molecule has 3 aliphatic heterocycles. The van der Waals surface area contributed by atoms with E-state index in [1.54, 1.807) is 62.4 Å². The monoisotopic (exact) mass is 717 g/mol. The molecule has 52 heavy (non-hydrogen) atoms. The van der Waals surface area contributed by atoms with Gasteiger partial charge in [-0.2, -0.15) is 0 Å². The quantitative estimate of drug-likeness (QED) is 0.223. The fourth-order valence-corrected chi connectivity index (χ4v) is 6.83. The molecule has 0 saturated carbocycles. The van der Waals surface area contributed by atoms with E-state index in [1.165, 1.54) is 4.90 Å². The predicted octanol–water partition coefficient (Wildman–Crippen LogP) is 2.91. The first kappa shape index (κ1) is 38.3. The minimum absolute atomic E-state index is 0.0475. The summed E-state index contributed by atoms with van der Waals surface area (Å²) in [4.78, 5) is 83.5. The SMILES string of the molecule is CC[C@]1(C)NC(=O)[C@H](CCCCOC(=O)c2ccccc2)NC(=O)[C@H]2CCCN2C(=O)[C@H](Cc2ccc(OCC(=O)N3CCCCC3)cc2)NC1=O. The topological polar surface area (TPSA) is 163 Å². The molecular formula is C39H51N5O8. The van der Waals surface area contributed by atoms with Crippen LogP contribution in [0, 0.1) is 0 Å². The van der Waals surface area contributed by atoms with Gasteiger partial charge < -0.3 is 35.2 Å². The second-order valence-electron chi connectivity index (χ2n) is 14.0. The van der Waals surface area contributed by atoms with Gasteiger partial charge in [0, 0.05) is 26.1 Å². The van der Waals surface area contributed by atoms with Crippen molar-refractivity contribution in [3.05, 3.63) is 65.7 Å². The molecule has 2 aromatic carbocycles. The summed E-state index contributed by atoms with van der Waals surface area (Å²) >= 11 is 0. The van der Waals surface area contributed by atoms with E-state index in [0.29, 0.717) is 43.5 Å². The molecule has 3 saturated heterocycles. The van der Waals surface area contributed by atoms with Gasteiger partial charge >= 0.3 is 5.97 Å². The molecule has 0 aromatic heterocycles. The highest BCUT2D eigenvalue weighted by Gasteiger charge is 2.43. The number of carbonyl (C=O) groups is 6. The summed E-state index contributed by atoms with van der Waals surface area (Å²) in [5.74, 6) is -1.78. The third-order valence-electron chi connectivity index (χ3n) is 10.2. The number of hydrogen-bond donors (Lipinski definition) is 3. The van der Waals surface area contributed by atoms with Gasteiger partial charge in [0.25, 0.3) is 5.91 Å². The molecule has 13 heteroatoms. The van der Waals surface area contributed by atoms with E-state index in [0.717, 1.165) is 37.9 Å². The van der Waals surface area contributed by atoms with Crippen LogP contribution in [-0.2, 0) is 35.1 Å². The van der Waals surface area contributed by atoms with Crippen LogP contribution in [0.1, 0.15) is 87.6 Å². The number of nitrogens with one attached hydrogen (secondary N) is 3. The molecule has 5 rings (SSSR count). The van der Waals surface area contributed by atoms with Crippen LogP contribution in [0.15, 0.2) is 54.6 Å². The highest BCUT2D eigenvalue weighted by Crippen LogP contribution is 2.23. The molecule has 0 aliphatic carbocycles. The lowest BCUT2D eigenvalue weighted by Crippen LogP contribution is -2.65. The maximum atomic E-state index is 14.1. The molecule has 0 spiro atoms. The van der Waals surface area contributed by atoms with E-state index in [2.05, 4.69) is 16.0 Å². The van der Waals surface area contributed by atoms with Crippen LogP contribution in [0.5, 0.6) is 5.75 Å². The fraction of sp³-hybridized carbons (Fsp3) is 0.538. The predicted molar refractivity (Wildman–Crippen MR) is 192 cm³/mol. The van der Waals surface area contributed by atoms with Crippen LogP contribution in [-0.4, -0.2) is 102 Å². The molecule has 0 unspecified atom stereocenters. The van der Waals surface area contributed by atoms with Gasteiger partial charge in [0.15, 0.2) is 6.61 Å². The van der Waals surface area contributed by atoms with Crippen molar-refractivity contribution in [2.45, 2.75) is 102 Å². The van der Waals surface area contributed by atoms with Crippen molar-refractivity contribution in [1.82, 2.24) is 25.8 Å². The van der Waals surface area contributed by atoms with E-state index in [-0.39, 0.29) is 44.3 Å². The summed E-state index contributed by atoms with van der Waals surface area (Å²) in [5, 5.41) is 8.62. The molecule has 3 fully saturated rings. The number of carbonyl (C=O) groups excluding carboxylic acids is 6. The van der Waals surface area contributed by atoms with Crippen LogP contribution >= 0.6 is 0 Å². The van der Waals surface area contributed by atoms with Crippen molar-refractivity contribution in [1.29, 1.82) is 0 Å². The van der Waals surface area contributed by atoms with Crippen molar-refractivity contribution >= 4 is 35.5 Å². The smallest absolute Gasteiger partial charge is 0.338 e. The zero-order valence-corrected chi connectivity index (χ0v) is 30.2. The molecule has 5 amide bonds. The Morgan fingerprint density at radius 2 is 1.58 bits per heavy atom. The molecular weight excluding hydrogens is 666 g/mol. The van der Waals surface area contributed by atoms with E-state index < -0.39 is 47.4 Å². The summed E-state index contributed by atoms with van der Waals surface area (Å²) in [6.07, 6.45) is 5.71. The van der Waals surface area contributed by atoms with E-state index in [9.17, 15) is 28.8 Å². The molecule has 4 atom stereocenters. The van der Waals surface area contributed by atoms with Gasteiger partial charge in [-0.3, -0.25) is 24.0 Å². The Balaban J connectivity index is 1.24. The number of hydrogen-bond acceptors (Lipinski definition) is 8. The summed E-state index contributed by atoms with van der Waals surface area (Å²) in [6.45, 7) is 5.30. The van der Waals surface area contributed by atoms with Crippen molar-refractivity contribution in [2.24, 2.45) is 0 Å². The van der Waals surface area contributed by atoms with Crippen molar-refractivity contribution in [3.63, 3.8) is 0 Å². The number of esters is 1. The van der Waals surface area contributed by atoms with Gasteiger partial charge in [-0.05, 0) is 94.5 Å². The first-order valence-corrected chi connectivity index (χ1v) is 18.5. The average Bonchev–Trinajstić information content (AvgIpc) is 3.67. The lowest BCUT2D eigenvalue weighted by Gasteiger charge is -2.36. The summed E-state index contributed by atoms with van der Waals surface area (Å²) in [6, 6.07) is 13.0. The first-order valence-electron chi connectivity index (χ1n) is 18.5. The molecule has 3 heterocycles. The summed E-state index contributed by atoms with van der Waals surface area (Å²) < 4.78 is 11.1. The zero-order chi connectivity index (χ0) is 37.1. The lowest BCUT2D eigenvalue weighted by molar-refractivity contribution is -0.144. The second kappa shape index (κ2) is 18.0. The van der Waals surface area contributed by atoms with E-state index in [4.69, 9.17) is 9.47 Å². The highest BCUT2D eigenvalue weighted by molar-refractivity contribution is 5.99. The van der Waals surface area contributed by atoms with Crippen LogP contribution in [0.25, 0.3) is 0 Å². The van der Waals surface area contributed by atoms with Crippen molar-refractivity contribution in [2.75, 3.05) is 32.8 Å². The Morgan fingerprint density at radius 3 is 2.29 bits per heavy atom. The van der Waals surface area contributed by atoms with Crippen molar-refractivity contribution in [3.8, 4) is 5.75 Å². The molecule has 3 N–H and O–H groups in total. The third-order valence-corrected chi connectivity index (χ3v) is 10.2. The van der Waals surface area contributed by atoms with Gasteiger partial charge in [-0.15, -0.1) is 0 Å². The molecule has 2 aromatic rings. The number of fused-ring (bicyclic) bond motifs is 1. The third kappa shape index (κ3) is 9.89. The molecule has 0 bridgehead atoms.